The Hall–Kier alpha value is -3.56. The summed E-state index contributed by atoms with van der Waals surface area (Å²) in [6.45, 7) is 0. The smallest absolute Gasteiger partial charge is 0.270 e. The van der Waals surface area contributed by atoms with Gasteiger partial charge in [0, 0.05) is 34.3 Å². The van der Waals surface area contributed by atoms with Crippen LogP contribution in [-0.2, 0) is 10.0 Å². The minimum Gasteiger partial charge on any atom is -0.280 e. The van der Waals surface area contributed by atoms with Gasteiger partial charge >= 0.3 is 0 Å². The van der Waals surface area contributed by atoms with Crippen LogP contribution >= 0.6 is 11.3 Å². The number of nitro groups is 1. The van der Waals surface area contributed by atoms with Gasteiger partial charge in [0.05, 0.1) is 15.5 Å². The minimum atomic E-state index is -3.98. The predicted molar refractivity (Wildman–Crippen MR) is 117 cm³/mol. The van der Waals surface area contributed by atoms with Crippen LogP contribution in [0.15, 0.2) is 89.1 Å². The first kappa shape index (κ1) is 19.7. The maximum absolute atomic E-state index is 12.7. The summed E-state index contributed by atoms with van der Waals surface area (Å²) in [6.07, 6.45) is 0. The lowest BCUT2D eigenvalue weighted by Gasteiger charge is -2.09. The molecule has 150 valence electrons. The van der Waals surface area contributed by atoms with Crippen molar-refractivity contribution in [2.75, 3.05) is 4.72 Å². The van der Waals surface area contributed by atoms with Crippen molar-refractivity contribution in [2.24, 2.45) is 0 Å². The van der Waals surface area contributed by atoms with Crippen molar-refractivity contribution >= 4 is 32.7 Å². The van der Waals surface area contributed by atoms with Crippen LogP contribution in [0.1, 0.15) is 0 Å². The van der Waals surface area contributed by atoms with Crippen molar-refractivity contribution < 1.29 is 13.3 Å². The number of nitro benzene ring substituents is 1. The molecule has 0 saturated carbocycles. The van der Waals surface area contributed by atoms with Crippen LogP contribution in [0.5, 0.6) is 0 Å². The number of non-ortho nitro benzene ring substituents is 1. The summed E-state index contributed by atoms with van der Waals surface area (Å²) in [6, 6.07) is 21.6. The molecule has 1 aromatic heterocycles. The van der Waals surface area contributed by atoms with Crippen LogP contribution in [0, 0.1) is 10.1 Å². The molecule has 4 rings (SSSR count). The number of hydrogen-bond acceptors (Lipinski definition) is 6. The first-order chi connectivity index (χ1) is 14.4. The highest BCUT2D eigenvalue weighted by molar-refractivity contribution is 7.92. The lowest BCUT2D eigenvalue weighted by atomic mass is 10.1. The number of rotatable bonds is 6. The molecule has 0 saturated heterocycles. The molecule has 0 bridgehead atoms. The van der Waals surface area contributed by atoms with Gasteiger partial charge in [-0.2, -0.15) is 0 Å². The molecule has 4 aromatic rings. The minimum absolute atomic E-state index is 0.179. The summed E-state index contributed by atoms with van der Waals surface area (Å²) in [4.78, 5) is 14.8. The van der Waals surface area contributed by atoms with Crippen molar-refractivity contribution in [1.82, 2.24) is 4.98 Å². The number of nitrogens with zero attached hydrogens (tertiary/aromatic N) is 2. The second-order valence-electron chi connectivity index (χ2n) is 6.34. The molecule has 1 N–H and O–H groups in total. The topological polar surface area (TPSA) is 102 Å². The molecule has 0 unspecified atom stereocenters. The van der Waals surface area contributed by atoms with Crippen molar-refractivity contribution in [3.05, 3.63) is 94.4 Å². The number of thiazole rings is 1. The predicted octanol–water partition coefficient (Wildman–Crippen LogP) is 5.19. The van der Waals surface area contributed by atoms with Gasteiger partial charge < -0.3 is 0 Å². The largest absolute Gasteiger partial charge is 0.280 e. The second-order valence-corrected chi connectivity index (χ2v) is 8.89. The highest BCUT2D eigenvalue weighted by Gasteiger charge is 2.18. The SMILES string of the molecule is O=[N+]([O-])c1cccc(S(=O)(=O)Nc2cccc(-c3csc(-c4ccccc4)n3)c2)c1. The Morgan fingerprint density at radius 1 is 0.900 bits per heavy atom. The van der Waals surface area contributed by atoms with Crippen LogP contribution in [-0.4, -0.2) is 18.3 Å². The molecule has 0 amide bonds. The Morgan fingerprint density at radius 3 is 2.40 bits per heavy atom. The molecule has 7 nitrogen and oxygen atoms in total. The third kappa shape index (κ3) is 4.22. The van der Waals surface area contributed by atoms with E-state index in [2.05, 4.69) is 9.71 Å². The molecule has 0 spiro atoms. The summed E-state index contributed by atoms with van der Waals surface area (Å²) >= 11 is 1.50. The third-order valence-corrected chi connectivity index (χ3v) is 6.54. The highest BCUT2D eigenvalue weighted by atomic mass is 32.2. The quantitative estimate of drug-likeness (QED) is 0.330. The molecule has 0 aliphatic rings. The lowest BCUT2D eigenvalue weighted by molar-refractivity contribution is -0.385. The van der Waals surface area contributed by atoms with E-state index in [-0.39, 0.29) is 10.6 Å². The van der Waals surface area contributed by atoms with Crippen molar-refractivity contribution in [3.8, 4) is 21.8 Å². The molecule has 0 aliphatic carbocycles. The first-order valence-electron chi connectivity index (χ1n) is 8.81. The van der Waals surface area contributed by atoms with Gasteiger partial charge in [0.2, 0.25) is 0 Å². The fourth-order valence-corrected chi connectivity index (χ4v) is 4.76. The van der Waals surface area contributed by atoms with E-state index in [4.69, 9.17) is 0 Å². The van der Waals surface area contributed by atoms with E-state index < -0.39 is 14.9 Å². The molecule has 3 aromatic carbocycles. The van der Waals surface area contributed by atoms with E-state index in [0.29, 0.717) is 5.69 Å². The van der Waals surface area contributed by atoms with Gasteiger partial charge in [-0.1, -0.05) is 48.5 Å². The molecule has 1 heterocycles. The van der Waals surface area contributed by atoms with E-state index in [1.165, 1.54) is 29.5 Å². The summed E-state index contributed by atoms with van der Waals surface area (Å²) in [5.41, 5.74) is 2.55. The number of benzene rings is 3. The van der Waals surface area contributed by atoms with E-state index >= 15 is 0 Å². The van der Waals surface area contributed by atoms with Crippen molar-refractivity contribution in [3.63, 3.8) is 0 Å². The van der Waals surface area contributed by atoms with E-state index in [1.54, 1.807) is 18.2 Å². The maximum atomic E-state index is 12.7. The highest BCUT2D eigenvalue weighted by Crippen LogP contribution is 2.30. The molecule has 30 heavy (non-hydrogen) atoms. The molecule has 9 heteroatoms. The number of anilines is 1. The van der Waals surface area contributed by atoms with Crippen LogP contribution in [0.25, 0.3) is 21.8 Å². The molecule has 0 radical (unpaired) electrons. The molecule has 0 atom stereocenters. The van der Waals surface area contributed by atoms with Crippen molar-refractivity contribution in [1.29, 1.82) is 0 Å². The van der Waals surface area contributed by atoms with Crippen LogP contribution in [0.2, 0.25) is 0 Å². The summed E-state index contributed by atoms with van der Waals surface area (Å²) in [5, 5.41) is 13.7. The van der Waals surface area contributed by atoms with E-state index in [1.807, 2.05) is 41.8 Å². The summed E-state index contributed by atoms with van der Waals surface area (Å²) < 4.78 is 27.8. The van der Waals surface area contributed by atoms with E-state index in [9.17, 15) is 18.5 Å². The molecule has 0 aliphatic heterocycles. The first-order valence-corrected chi connectivity index (χ1v) is 11.2. The number of hydrogen-bond donors (Lipinski definition) is 1. The number of nitrogens with one attached hydrogen (secondary N) is 1. The zero-order valence-corrected chi connectivity index (χ0v) is 17.1. The van der Waals surface area contributed by atoms with Crippen LogP contribution in [0.3, 0.4) is 0 Å². The van der Waals surface area contributed by atoms with Crippen molar-refractivity contribution in [2.45, 2.75) is 4.90 Å². The Bertz CT molecular complexity index is 1320. The monoisotopic (exact) mass is 437 g/mol. The van der Waals surface area contributed by atoms with E-state index in [0.717, 1.165) is 27.9 Å². The van der Waals surface area contributed by atoms with Gasteiger partial charge in [-0.15, -0.1) is 11.3 Å². The molecular formula is C21H15N3O4S2. The van der Waals surface area contributed by atoms with Gasteiger partial charge in [0.1, 0.15) is 5.01 Å². The average molecular weight is 438 g/mol. The van der Waals surface area contributed by atoms with Crippen LogP contribution in [0.4, 0.5) is 11.4 Å². The van der Waals surface area contributed by atoms with Gasteiger partial charge in [-0.25, -0.2) is 13.4 Å². The Morgan fingerprint density at radius 2 is 1.63 bits per heavy atom. The fraction of sp³-hybridized carbons (Fsp3) is 0. The second kappa shape index (κ2) is 8.05. The Kier molecular flexibility index (Phi) is 5.30. The Labute approximate surface area is 176 Å². The summed E-state index contributed by atoms with van der Waals surface area (Å²) in [5.74, 6) is 0. The Balaban J connectivity index is 1.61. The summed E-state index contributed by atoms with van der Waals surface area (Å²) in [7, 11) is -3.98. The zero-order valence-electron chi connectivity index (χ0n) is 15.4. The van der Waals surface area contributed by atoms with Gasteiger partial charge in [-0.3, -0.25) is 14.8 Å². The fourth-order valence-electron chi connectivity index (χ4n) is 2.84. The van der Waals surface area contributed by atoms with Crippen LogP contribution < -0.4 is 4.72 Å². The molecular weight excluding hydrogens is 422 g/mol. The number of sulfonamides is 1. The number of aromatic nitrogens is 1. The van der Waals surface area contributed by atoms with Gasteiger partial charge in [0.25, 0.3) is 15.7 Å². The van der Waals surface area contributed by atoms with Gasteiger partial charge in [-0.05, 0) is 18.2 Å². The standard InChI is InChI=1S/C21H15N3O4S2/c25-24(26)18-10-5-11-19(13-18)30(27,28)23-17-9-4-8-16(12-17)20-14-29-21(22-20)15-6-2-1-3-7-15/h1-14,23H. The zero-order chi connectivity index (χ0) is 21.1. The third-order valence-electron chi connectivity index (χ3n) is 4.27. The average Bonchev–Trinajstić information content (AvgIpc) is 3.25. The lowest BCUT2D eigenvalue weighted by Crippen LogP contribution is -2.13. The normalized spacial score (nSPS) is 11.2. The van der Waals surface area contributed by atoms with Gasteiger partial charge in [0.15, 0.2) is 0 Å². The maximum Gasteiger partial charge on any atom is 0.270 e. The molecule has 0 fully saturated rings.